The van der Waals surface area contributed by atoms with E-state index in [4.69, 9.17) is 18.9 Å². The van der Waals surface area contributed by atoms with Gasteiger partial charge in [0.25, 0.3) is 0 Å². The van der Waals surface area contributed by atoms with Crippen LogP contribution in [0.1, 0.15) is 38.2 Å². The Morgan fingerprint density at radius 3 is 2.64 bits per heavy atom. The zero-order valence-corrected chi connectivity index (χ0v) is 18.5. The van der Waals surface area contributed by atoms with Crippen LogP contribution in [0.3, 0.4) is 0 Å². The zero-order valence-electron chi connectivity index (χ0n) is 18.5. The number of nitrogens with one attached hydrogen (secondary N) is 1. The number of aromatic hydroxyl groups is 1. The number of carbonyl (C=O) groups is 2. The van der Waals surface area contributed by atoms with Gasteiger partial charge in [-0.2, -0.15) is 0 Å². The molecule has 180 valence electrons. The molecular formula is C23H29NO9. The maximum Gasteiger partial charge on any atom is 0.331 e. The number of benzene rings is 1. The second-order valence-corrected chi connectivity index (χ2v) is 8.79. The quantitative estimate of drug-likeness (QED) is 0.362. The molecule has 1 aromatic rings. The molecule has 0 amide bonds. The molecule has 0 aromatic heterocycles. The predicted molar refractivity (Wildman–Crippen MR) is 114 cm³/mol. The lowest BCUT2D eigenvalue weighted by molar-refractivity contribution is -0.372. The fraction of sp³-hybridized carbons (Fsp3) is 0.565. The molecule has 1 aliphatic carbocycles. The Morgan fingerprint density at radius 2 is 1.97 bits per heavy atom. The van der Waals surface area contributed by atoms with Gasteiger partial charge in [-0.3, -0.25) is 4.79 Å². The topological polar surface area (TPSA) is 144 Å². The molecule has 1 saturated carbocycles. The monoisotopic (exact) mass is 463 g/mol. The number of hydrogen-bond acceptors (Lipinski definition) is 10. The Bertz CT molecular complexity index is 942. The summed E-state index contributed by atoms with van der Waals surface area (Å²) in [6.07, 6.45) is 1.08. The van der Waals surface area contributed by atoms with E-state index in [9.17, 15) is 24.9 Å². The fourth-order valence-electron chi connectivity index (χ4n) is 5.03. The van der Waals surface area contributed by atoms with E-state index in [1.54, 1.807) is 6.07 Å². The number of ether oxygens (including phenoxy) is 4. The Morgan fingerprint density at radius 1 is 1.24 bits per heavy atom. The van der Waals surface area contributed by atoms with Crippen LogP contribution in [0.25, 0.3) is 6.08 Å². The van der Waals surface area contributed by atoms with Crippen LogP contribution in [-0.2, 0) is 23.8 Å². The number of methoxy groups -OCH3 is 1. The number of esters is 2. The summed E-state index contributed by atoms with van der Waals surface area (Å²) < 4.78 is 21.7. The number of morpholine rings is 1. The van der Waals surface area contributed by atoms with Crippen molar-refractivity contribution in [3.8, 4) is 11.5 Å². The molecule has 0 unspecified atom stereocenters. The number of phenolic OH excluding ortho intramolecular Hbond substituents is 1. The standard InChI is InChI=1S/C23H29NO9/c1-13(25)31-19-18(28)20-22(9-3-4-10-22)24-12-23(29,33-20)21(19)32-17(27)8-6-14-5-7-15(26)16(11-14)30-2/h5-8,11,18-21,24,26,28-29H,3-4,9-10,12H2,1-2H3/t18-,19+,20+,21-,23-/m1/s1. The normalized spacial score (nSPS) is 32.6. The number of fused-ring (bicyclic) bond motifs is 3. The largest absolute Gasteiger partial charge is 0.504 e. The molecule has 2 aliphatic heterocycles. The van der Waals surface area contributed by atoms with E-state index in [2.05, 4.69) is 5.32 Å². The van der Waals surface area contributed by atoms with E-state index in [1.807, 2.05) is 0 Å². The first-order valence-electron chi connectivity index (χ1n) is 10.9. The minimum atomic E-state index is -1.98. The van der Waals surface area contributed by atoms with Gasteiger partial charge in [0.2, 0.25) is 5.79 Å². The van der Waals surface area contributed by atoms with Crippen molar-refractivity contribution in [3.63, 3.8) is 0 Å². The smallest absolute Gasteiger partial charge is 0.331 e. The van der Waals surface area contributed by atoms with Crippen LogP contribution < -0.4 is 10.1 Å². The van der Waals surface area contributed by atoms with Crippen molar-refractivity contribution < 1.29 is 43.9 Å². The summed E-state index contributed by atoms with van der Waals surface area (Å²) in [5.41, 5.74) is 0.0241. The van der Waals surface area contributed by atoms with Crippen LogP contribution in [0, 0.1) is 0 Å². The first kappa shape index (κ1) is 23.5. The van der Waals surface area contributed by atoms with Crippen LogP contribution >= 0.6 is 0 Å². The number of hydrogen-bond donors (Lipinski definition) is 4. The summed E-state index contributed by atoms with van der Waals surface area (Å²) >= 11 is 0. The first-order valence-corrected chi connectivity index (χ1v) is 10.9. The highest BCUT2D eigenvalue weighted by molar-refractivity contribution is 5.87. The van der Waals surface area contributed by atoms with Gasteiger partial charge in [-0.15, -0.1) is 0 Å². The third-order valence-electron chi connectivity index (χ3n) is 6.62. The third-order valence-corrected chi connectivity index (χ3v) is 6.62. The van der Waals surface area contributed by atoms with E-state index >= 15 is 0 Å². The van der Waals surface area contributed by atoms with E-state index < -0.39 is 47.7 Å². The lowest BCUT2D eigenvalue weighted by Crippen LogP contribution is -2.79. The molecule has 3 fully saturated rings. The molecule has 2 bridgehead atoms. The molecular weight excluding hydrogens is 434 g/mol. The number of rotatable bonds is 5. The summed E-state index contributed by atoms with van der Waals surface area (Å²) in [5, 5.41) is 35.2. The Hall–Kier alpha value is -2.66. The molecule has 4 rings (SSSR count). The van der Waals surface area contributed by atoms with E-state index in [1.165, 1.54) is 32.2 Å². The molecule has 4 N–H and O–H groups in total. The van der Waals surface area contributed by atoms with Crippen LogP contribution in [0.4, 0.5) is 0 Å². The lowest BCUT2D eigenvalue weighted by atomic mass is 9.77. The highest BCUT2D eigenvalue weighted by atomic mass is 16.7. The van der Waals surface area contributed by atoms with Gasteiger partial charge in [0.1, 0.15) is 12.2 Å². The average Bonchev–Trinajstić information content (AvgIpc) is 3.25. The number of carbonyl (C=O) groups excluding carboxylic acids is 2. The van der Waals surface area contributed by atoms with Crippen LogP contribution in [0.2, 0.25) is 0 Å². The molecule has 2 heterocycles. The molecule has 5 atom stereocenters. The van der Waals surface area contributed by atoms with Crippen molar-refractivity contribution in [2.24, 2.45) is 0 Å². The number of phenols is 1. The molecule has 1 spiro atoms. The maximum absolute atomic E-state index is 12.6. The van der Waals surface area contributed by atoms with Gasteiger partial charge < -0.3 is 39.6 Å². The van der Waals surface area contributed by atoms with Gasteiger partial charge in [0, 0.05) is 18.5 Å². The SMILES string of the molecule is COc1cc(C=CC(=O)O[C@@H]2[C@@H](OC(C)=O)[C@@H](O)[C@@H]3O[C@]2(O)CNC32CCCC2)ccc1O. The first-order chi connectivity index (χ1) is 15.7. The summed E-state index contributed by atoms with van der Waals surface area (Å²) in [5.74, 6) is -3.31. The predicted octanol–water partition coefficient (Wildman–Crippen LogP) is 0.622. The minimum absolute atomic E-state index is 0.0450. The Labute approximate surface area is 191 Å². The average molecular weight is 463 g/mol. The molecule has 33 heavy (non-hydrogen) atoms. The van der Waals surface area contributed by atoms with Crippen molar-refractivity contribution in [1.29, 1.82) is 0 Å². The summed E-state index contributed by atoms with van der Waals surface area (Å²) in [6.45, 7) is 1.13. The van der Waals surface area contributed by atoms with E-state index in [-0.39, 0.29) is 18.0 Å². The van der Waals surface area contributed by atoms with Gasteiger partial charge in [-0.05, 0) is 36.6 Å². The molecule has 10 nitrogen and oxygen atoms in total. The number of β-amino-alcohol motifs (C(OH)–C–C–N with tert-alkyl or cyclic N) is 1. The Balaban J connectivity index is 1.55. The second-order valence-electron chi connectivity index (χ2n) is 8.79. The van der Waals surface area contributed by atoms with Crippen molar-refractivity contribution in [3.05, 3.63) is 29.8 Å². The van der Waals surface area contributed by atoms with Crippen LogP contribution in [-0.4, -0.2) is 76.7 Å². The number of aliphatic hydroxyl groups excluding tert-OH is 1. The summed E-state index contributed by atoms with van der Waals surface area (Å²) in [4.78, 5) is 24.4. The lowest BCUT2D eigenvalue weighted by Gasteiger charge is -2.57. The van der Waals surface area contributed by atoms with E-state index in [0.717, 1.165) is 31.8 Å². The van der Waals surface area contributed by atoms with Crippen molar-refractivity contribution >= 4 is 18.0 Å². The van der Waals surface area contributed by atoms with Crippen LogP contribution in [0.5, 0.6) is 11.5 Å². The zero-order chi connectivity index (χ0) is 23.8. The van der Waals surface area contributed by atoms with Crippen molar-refractivity contribution in [1.82, 2.24) is 5.32 Å². The highest BCUT2D eigenvalue weighted by Crippen LogP contribution is 2.45. The third kappa shape index (κ3) is 4.43. The highest BCUT2D eigenvalue weighted by Gasteiger charge is 2.65. The molecule has 10 heteroatoms. The van der Waals surface area contributed by atoms with Crippen LogP contribution in [0.15, 0.2) is 24.3 Å². The van der Waals surface area contributed by atoms with Crippen molar-refractivity contribution in [2.45, 2.75) is 68.3 Å². The molecule has 0 radical (unpaired) electrons. The van der Waals surface area contributed by atoms with Gasteiger partial charge in [-0.1, -0.05) is 18.9 Å². The minimum Gasteiger partial charge on any atom is -0.504 e. The Kier molecular flexibility index (Phi) is 6.37. The summed E-state index contributed by atoms with van der Waals surface area (Å²) in [7, 11) is 1.40. The van der Waals surface area contributed by atoms with Gasteiger partial charge >= 0.3 is 11.9 Å². The van der Waals surface area contributed by atoms with Gasteiger partial charge in [0.15, 0.2) is 23.7 Å². The number of aliphatic hydroxyl groups is 2. The molecule has 3 aliphatic rings. The molecule has 2 saturated heterocycles. The van der Waals surface area contributed by atoms with Crippen molar-refractivity contribution in [2.75, 3.05) is 13.7 Å². The second kappa shape index (κ2) is 8.94. The molecule has 1 aromatic carbocycles. The maximum atomic E-state index is 12.6. The fourth-order valence-corrected chi connectivity index (χ4v) is 5.03. The van der Waals surface area contributed by atoms with Gasteiger partial charge in [-0.25, -0.2) is 4.79 Å². The van der Waals surface area contributed by atoms with E-state index in [0.29, 0.717) is 5.56 Å². The summed E-state index contributed by atoms with van der Waals surface area (Å²) in [6, 6.07) is 4.51. The van der Waals surface area contributed by atoms with Gasteiger partial charge in [0.05, 0.1) is 13.7 Å².